The van der Waals surface area contributed by atoms with Crippen LogP contribution in [0.3, 0.4) is 0 Å². The molecule has 3 N–H and O–H groups in total. The Bertz CT molecular complexity index is 652. The fourth-order valence-electron chi connectivity index (χ4n) is 2.82. The van der Waals surface area contributed by atoms with Gasteiger partial charge in [-0.15, -0.1) is 0 Å². The van der Waals surface area contributed by atoms with Crippen molar-refractivity contribution in [3.05, 3.63) is 24.0 Å². The van der Waals surface area contributed by atoms with E-state index >= 15 is 0 Å². The number of rotatable bonds is 5. The summed E-state index contributed by atoms with van der Waals surface area (Å²) in [6, 6.07) is 4.59. The summed E-state index contributed by atoms with van der Waals surface area (Å²) >= 11 is 1.18. The number of fused-ring (bicyclic) bond motifs is 1. The fourth-order valence-corrected chi connectivity index (χ4v) is 3.15. The van der Waals surface area contributed by atoms with Crippen molar-refractivity contribution in [1.29, 1.82) is 0 Å². The first kappa shape index (κ1) is 15.5. The molecule has 7 heteroatoms. The lowest BCUT2D eigenvalue weighted by atomic mass is 9.83. The molecule has 0 saturated heterocycles. The Labute approximate surface area is 132 Å². The third-order valence-corrected chi connectivity index (χ3v) is 4.42. The number of halogens is 1. The van der Waals surface area contributed by atoms with Crippen molar-refractivity contribution in [1.82, 2.24) is 9.71 Å². The van der Waals surface area contributed by atoms with Crippen LogP contribution in [-0.4, -0.2) is 17.7 Å². The molecule has 3 rings (SSSR count). The maximum atomic E-state index is 13.1. The number of oxazole rings is 1. The van der Waals surface area contributed by atoms with E-state index in [4.69, 9.17) is 9.56 Å². The summed E-state index contributed by atoms with van der Waals surface area (Å²) in [6.45, 7) is 0.960. The van der Waals surface area contributed by atoms with Gasteiger partial charge in [0.05, 0.1) is 0 Å². The average molecular weight is 322 g/mol. The molecule has 0 radical (unpaired) electrons. The van der Waals surface area contributed by atoms with Crippen LogP contribution in [0.4, 0.5) is 10.4 Å². The van der Waals surface area contributed by atoms with Crippen LogP contribution in [0.1, 0.15) is 25.7 Å². The van der Waals surface area contributed by atoms with Crippen LogP contribution in [0, 0.1) is 17.7 Å². The number of aliphatic imine (C=N–C) groups is 1. The zero-order valence-corrected chi connectivity index (χ0v) is 13.0. The predicted molar refractivity (Wildman–Crippen MR) is 87.3 cm³/mol. The van der Waals surface area contributed by atoms with Crippen molar-refractivity contribution >= 4 is 35.5 Å². The SMILES string of the molecule is NSNCC1CCC(/C=N/c2nc3ccc(F)cc3o2)CC1. The quantitative estimate of drug-likeness (QED) is 0.650. The number of nitrogens with one attached hydrogen (secondary N) is 1. The molecule has 0 atom stereocenters. The second-order valence-corrected chi connectivity index (χ2v) is 6.16. The van der Waals surface area contributed by atoms with E-state index in [1.54, 1.807) is 6.07 Å². The van der Waals surface area contributed by atoms with Gasteiger partial charge in [0.2, 0.25) is 0 Å². The Balaban J connectivity index is 1.57. The highest BCUT2D eigenvalue weighted by atomic mass is 32.2. The number of aromatic nitrogens is 1. The largest absolute Gasteiger partial charge is 0.422 e. The Morgan fingerprint density at radius 2 is 2.23 bits per heavy atom. The molecule has 0 bridgehead atoms. The molecule has 1 aliphatic carbocycles. The van der Waals surface area contributed by atoms with Crippen LogP contribution in [0.2, 0.25) is 0 Å². The number of benzene rings is 1. The monoisotopic (exact) mass is 322 g/mol. The summed E-state index contributed by atoms with van der Waals surface area (Å²) in [5, 5.41) is 5.37. The first-order chi connectivity index (χ1) is 10.7. The Morgan fingerprint density at radius 1 is 1.41 bits per heavy atom. The molecule has 5 nitrogen and oxygen atoms in total. The van der Waals surface area contributed by atoms with Crippen molar-refractivity contribution in [3.63, 3.8) is 0 Å². The number of nitrogens with two attached hydrogens (primary N) is 1. The minimum Gasteiger partial charge on any atom is -0.422 e. The predicted octanol–water partition coefficient (Wildman–Crippen LogP) is 3.59. The van der Waals surface area contributed by atoms with Crippen molar-refractivity contribution < 1.29 is 8.81 Å². The van der Waals surface area contributed by atoms with Gasteiger partial charge in [0, 0.05) is 31.0 Å². The zero-order chi connectivity index (χ0) is 15.4. The minimum absolute atomic E-state index is 0.295. The molecule has 1 saturated carbocycles. The van der Waals surface area contributed by atoms with E-state index in [9.17, 15) is 4.39 Å². The molecule has 1 fully saturated rings. The zero-order valence-electron chi connectivity index (χ0n) is 12.2. The van der Waals surface area contributed by atoms with E-state index in [1.165, 1.54) is 37.1 Å². The summed E-state index contributed by atoms with van der Waals surface area (Å²) in [5.74, 6) is 0.809. The smallest absolute Gasteiger partial charge is 0.322 e. The summed E-state index contributed by atoms with van der Waals surface area (Å²) in [7, 11) is 0. The molecule has 1 heterocycles. The van der Waals surface area contributed by atoms with E-state index < -0.39 is 0 Å². The number of hydrogen-bond donors (Lipinski definition) is 2. The van der Waals surface area contributed by atoms with Crippen LogP contribution in [0.15, 0.2) is 27.6 Å². The van der Waals surface area contributed by atoms with Gasteiger partial charge < -0.3 is 4.42 Å². The van der Waals surface area contributed by atoms with Crippen molar-refractivity contribution in [2.75, 3.05) is 6.54 Å². The maximum absolute atomic E-state index is 13.1. The van der Waals surface area contributed by atoms with Crippen molar-refractivity contribution in [2.24, 2.45) is 22.0 Å². The van der Waals surface area contributed by atoms with Gasteiger partial charge in [0.25, 0.3) is 0 Å². The van der Waals surface area contributed by atoms with Crippen LogP contribution in [-0.2, 0) is 0 Å². The maximum Gasteiger partial charge on any atom is 0.322 e. The lowest BCUT2D eigenvalue weighted by Gasteiger charge is -2.25. The topological polar surface area (TPSA) is 76.4 Å². The van der Waals surface area contributed by atoms with Gasteiger partial charge in [0.1, 0.15) is 11.3 Å². The standard InChI is InChI=1S/C15H19FN4OS/c16-12-5-6-13-14(7-12)21-15(20-13)18-8-10-1-3-11(4-2-10)9-19-22-17/h5-8,10-11,19H,1-4,9,17H2/b18-8+. The molecule has 0 amide bonds. The Morgan fingerprint density at radius 3 is 3.00 bits per heavy atom. The summed E-state index contributed by atoms with van der Waals surface area (Å²) in [6.07, 6.45) is 6.48. The molecule has 1 aliphatic rings. The molecule has 2 aromatic rings. The van der Waals surface area contributed by atoms with E-state index in [0.717, 1.165) is 19.4 Å². The van der Waals surface area contributed by atoms with Gasteiger partial charge in [-0.2, -0.15) is 4.98 Å². The van der Waals surface area contributed by atoms with Gasteiger partial charge in [-0.3, -0.25) is 9.86 Å². The molecule has 22 heavy (non-hydrogen) atoms. The first-order valence-electron chi connectivity index (χ1n) is 7.43. The number of hydrogen-bond acceptors (Lipinski definition) is 6. The minimum atomic E-state index is -0.332. The van der Waals surface area contributed by atoms with Crippen LogP contribution in [0.25, 0.3) is 11.1 Å². The van der Waals surface area contributed by atoms with E-state index in [1.807, 2.05) is 6.21 Å². The molecule has 118 valence electrons. The van der Waals surface area contributed by atoms with E-state index in [0.29, 0.717) is 29.0 Å². The molecule has 1 aromatic carbocycles. The van der Waals surface area contributed by atoms with E-state index in [-0.39, 0.29) is 5.82 Å². The molecular weight excluding hydrogens is 303 g/mol. The third kappa shape index (κ3) is 3.85. The number of nitrogens with zero attached hydrogens (tertiary/aromatic N) is 2. The highest BCUT2D eigenvalue weighted by Gasteiger charge is 2.19. The molecule has 0 unspecified atom stereocenters. The first-order valence-corrected chi connectivity index (χ1v) is 8.31. The van der Waals surface area contributed by atoms with Crippen LogP contribution < -0.4 is 9.86 Å². The van der Waals surface area contributed by atoms with E-state index in [2.05, 4.69) is 14.7 Å². The Kier molecular flexibility index (Phi) is 5.07. The highest BCUT2D eigenvalue weighted by molar-refractivity contribution is 7.95. The van der Waals surface area contributed by atoms with Gasteiger partial charge in [-0.05, 0) is 49.7 Å². The van der Waals surface area contributed by atoms with Gasteiger partial charge in [-0.25, -0.2) is 9.38 Å². The lowest BCUT2D eigenvalue weighted by molar-refractivity contribution is 0.327. The summed E-state index contributed by atoms with van der Waals surface area (Å²) < 4.78 is 21.7. The highest BCUT2D eigenvalue weighted by Crippen LogP contribution is 2.28. The van der Waals surface area contributed by atoms with Gasteiger partial charge in [-0.1, -0.05) is 0 Å². The van der Waals surface area contributed by atoms with Crippen molar-refractivity contribution in [2.45, 2.75) is 25.7 Å². The molecule has 0 spiro atoms. The molecular formula is C15H19FN4OS. The normalized spacial score (nSPS) is 22.6. The van der Waals surface area contributed by atoms with Crippen LogP contribution >= 0.6 is 12.1 Å². The summed E-state index contributed by atoms with van der Waals surface area (Å²) in [4.78, 5) is 8.55. The van der Waals surface area contributed by atoms with Crippen molar-refractivity contribution in [3.8, 4) is 0 Å². The molecule has 1 aromatic heterocycles. The van der Waals surface area contributed by atoms with Crippen LogP contribution in [0.5, 0.6) is 0 Å². The second kappa shape index (κ2) is 7.21. The van der Waals surface area contributed by atoms with Gasteiger partial charge >= 0.3 is 6.01 Å². The van der Waals surface area contributed by atoms with Gasteiger partial charge in [0.15, 0.2) is 5.58 Å². The summed E-state index contributed by atoms with van der Waals surface area (Å²) in [5.41, 5.74) is 1.06. The third-order valence-electron chi connectivity index (χ3n) is 4.08. The second-order valence-electron chi connectivity index (χ2n) is 5.63. The Hall–Kier alpha value is -1.44. The average Bonchev–Trinajstić information content (AvgIpc) is 2.94. The molecule has 0 aliphatic heterocycles. The lowest BCUT2D eigenvalue weighted by Crippen LogP contribution is -2.24. The fraction of sp³-hybridized carbons (Fsp3) is 0.467.